The second-order valence-corrected chi connectivity index (χ2v) is 7.79. The van der Waals surface area contributed by atoms with Gasteiger partial charge in [0.25, 0.3) is 5.56 Å². The van der Waals surface area contributed by atoms with Crippen LogP contribution >= 0.6 is 0 Å². The third kappa shape index (κ3) is 4.11. The fourth-order valence-corrected chi connectivity index (χ4v) is 3.81. The number of pyridine rings is 2. The quantitative estimate of drug-likeness (QED) is 0.669. The van der Waals surface area contributed by atoms with Gasteiger partial charge in [-0.2, -0.15) is 0 Å². The second kappa shape index (κ2) is 7.62. The van der Waals surface area contributed by atoms with Crippen LogP contribution in [0.5, 0.6) is 0 Å². The summed E-state index contributed by atoms with van der Waals surface area (Å²) >= 11 is 0. The largest absolute Gasteiger partial charge is 0.367 e. The molecule has 2 aliphatic rings. The molecule has 0 radical (unpaired) electrons. The van der Waals surface area contributed by atoms with Crippen LogP contribution in [-0.4, -0.2) is 36.8 Å². The zero-order valence-electron chi connectivity index (χ0n) is 16.0. The van der Waals surface area contributed by atoms with Crippen molar-refractivity contribution >= 4 is 11.8 Å². The van der Waals surface area contributed by atoms with Gasteiger partial charge in [0.15, 0.2) is 0 Å². The number of aromatic nitrogens is 5. The monoisotopic (exact) mass is 389 g/mol. The first-order valence-corrected chi connectivity index (χ1v) is 10.1. The minimum Gasteiger partial charge on any atom is -0.367 e. The lowest BCUT2D eigenvalue weighted by Crippen LogP contribution is -2.22. The van der Waals surface area contributed by atoms with Crippen molar-refractivity contribution in [2.45, 2.75) is 50.1 Å². The maximum absolute atomic E-state index is 11.9. The normalized spacial score (nSPS) is 21.1. The lowest BCUT2D eigenvalue weighted by molar-refractivity contribution is 0.710. The first-order chi connectivity index (χ1) is 14.2. The first kappa shape index (κ1) is 17.8. The molecule has 2 aliphatic carbocycles. The van der Waals surface area contributed by atoms with Crippen LogP contribution in [0.3, 0.4) is 0 Å². The molecular formula is C21H23N7O. The smallest absolute Gasteiger partial charge is 0.255 e. The molecule has 29 heavy (non-hydrogen) atoms. The molecule has 8 nitrogen and oxygen atoms in total. The summed E-state index contributed by atoms with van der Waals surface area (Å²) in [7, 11) is 0. The molecule has 3 heterocycles. The molecule has 8 heteroatoms. The van der Waals surface area contributed by atoms with Crippen molar-refractivity contribution in [1.82, 2.24) is 24.7 Å². The van der Waals surface area contributed by atoms with E-state index in [0.717, 1.165) is 36.5 Å². The van der Waals surface area contributed by atoms with Crippen molar-refractivity contribution in [3.63, 3.8) is 0 Å². The molecule has 3 aromatic heterocycles. The highest BCUT2D eigenvalue weighted by atomic mass is 16.1. The van der Waals surface area contributed by atoms with Gasteiger partial charge < -0.3 is 10.6 Å². The van der Waals surface area contributed by atoms with Gasteiger partial charge in [-0.25, -0.2) is 9.97 Å². The molecule has 2 fully saturated rings. The lowest BCUT2D eigenvalue weighted by Gasteiger charge is -2.15. The summed E-state index contributed by atoms with van der Waals surface area (Å²) in [6, 6.07) is 9.58. The highest BCUT2D eigenvalue weighted by molar-refractivity contribution is 5.42. The van der Waals surface area contributed by atoms with E-state index in [1.54, 1.807) is 23.0 Å². The van der Waals surface area contributed by atoms with Crippen LogP contribution in [0.4, 0.5) is 11.8 Å². The Kier molecular flexibility index (Phi) is 4.67. The Balaban J connectivity index is 1.16. The Morgan fingerprint density at radius 3 is 2.45 bits per heavy atom. The van der Waals surface area contributed by atoms with Gasteiger partial charge in [0.05, 0.1) is 23.8 Å². The number of anilines is 2. The minimum absolute atomic E-state index is 0.0680. The topological polar surface area (TPSA) is 97.6 Å². The molecule has 148 valence electrons. The summed E-state index contributed by atoms with van der Waals surface area (Å²) in [5.74, 6) is 1.99. The summed E-state index contributed by atoms with van der Waals surface area (Å²) in [5.41, 5.74) is 1.70. The molecule has 0 aliphatic heterocycles. The third-order valence-corrected chi connectivity index (χ3v) is 5.54. The van der Waals surface area contributed by atoms with Crippen LogP contribution in [0.2, 0.25) is 0 Å². The Morgan fingerprint density at radius 2 is 1.76 bits per heavy atom. The van der Waals surface area contributed by atoms with E-state index >= 15 is 0 Å². The number of nitrogens with zero attached hydrogens (tertiary/aromatic N) is 5. The van der Waals surface area contributed by atoms with Crippen LogP contribution < -0.4 is 16.2 Å². The Labute approximate surface area is 168 Å². The van der Waals surface area contributed by atoms with Crippen molar-refractivity contribution in [2.75, 3.05) is 10.6 Å². The molecule has 0 bridgehead atoms. The fourth-order valence-electron chi connectivity index (χ4n) is 3.81. The zero-order chi connectivity index (χ0) is 19.6. The van der Waals surface area contributed by atoms with Gasteiger partial charge in [0.1, 0.15) is 5.82 Å². The summed E-state index contributed by atoms with van der Waals surface area (Å²) in [6.45, 7) is 0. The molecule has 5 rings (SSSR count). The van der Waals surface area contributed by atoms with E-state index in [1.807, 2.05) is 24.4 Å². The van der Waals surface area contributed by atoms with E-state index in [2.05, 4.69) is 30.8 Å². The number of rotatable bonds is 6. The summed E-state index contributed by atoms with van der Waals surface area (Å²) in [6.07, 6.45) is 10.8. The third-order valence-electron chi connectivity index (χ3n) is 5.54. The van der Waals surface area contributed by atoms with Gasteiger partial charge in [-0.1, -0.05) is 6.07 Å². The molecule has 2 atom stereocenters. The predicted octanol–water partition coefficient (Wildman–Crippen LogP) is 2.74. The summed E-state index contributed by atoms with van der Waals surface area (Å²) in [5, 5.41) is 15.4. The Bertz CT molecular complexity index is 1030. The first-order valence-electron chi connectivity index (χ1n) is 10.1. The molecule has 2 saturated carbocycles. The number of hydrogen-bond donors (Lipinski definition) is 2. The average Bonchev–Trinajstić information content (AvgIpc) is 3.51. The second-order valence-electron chi connectivity index (χ2n) is 7.79. The van der Waals surface area contributed by atoms with Crippen LogP contribution in [-0.2, 0) is 0 Å². The van der Waals surface area contributed by atoms with E-state index in [0.29, 0.717) is 23.9 Å². The molecule has 2 N–H and O–H groups in total. The zero-order valence-corrected chi connectivity index (χ0v) is 16.0. The highest BCUT2D eigenvalue weighted by Crippen LogP contribution is 2.38. The SMILES string of the molecule is O=c1ccccn1-c1ccc(N[C@H]2CC[C@H](Nc3ncc(C4CC4)nn3)C2)nc1. The Morgan fingerprint density at radius 1 is 0.897 bits per heavy atom. The molecule has 0 spiro atoms. The Hall–Kier alpha value is -3.29. The van der Waals surface area contributed by atoms with Crippen LogP contribution in [0.25, 0.3) is 5.69 Å². The van der Waals surface area contributed by atoms with Gasteiger partial charge in [0.2, 0.25) is 5.95 Å². The minimum atomic E-state index is -0.0680. The molecule has 0 aromatic carbocycles. The summed E-state index contributed by atoms with van der Waals surface area (Å²) < 4.78 is 1.58. The van der Waals surface area contributed by atoms with Crippen LogP contribution in [0.15, 0.2) is 53.7 Å². The standard InChI is InChI=1S/C21H23N7O/c29-20-3-1-2-10-28(20)17-8-9-19(22-12-17)24-15-6-7-16(11-15)25-21-23-13-18(26-27-21)14-4-5-14/h1-3,8-10,12-16H,4-7,11H2,(H,22,24)(H,23,25,27)/t15-,16-/m0/s1. The lowest BCUT2D eigenvalue weighted by atomic mass is 10.2. The molecule has 0 unspecified atom stereocenters. The van der Waals surface area contributed by atoms with Gasteiger partial charge in [-0.05, 0) is 50.3 Å². The van der Waals surface area contributed by atoms with E-state index < -0.39 is 0 Å². The van der Waals surface area contributed by atoms with E-state index in [4.69, 9.17) is 0 Å². The van der Waals surface area contributed by atoms with Crippen molar-refractivity contribution in [1.29, 1.82) is 0 Å². The van der Waals surface area contributed by atoms with Gasteiger partial charge >= 0.3 is 0 Å². The molecule has 3 aromatic rings. The molecule has 0 saturated heterocycles. The van der Waals surface area contributed by atoms with E-state index in [9.17, 15) is 4.79 Å². The van der Waals surface area contributed by atoms with Crippen molar-refractivity contribution in [3.05, 3.63) is 65.0 Å². The number of hydrogen-bond acceptors (Lipinski definition) is 7. The molecule has 0 amide bonds. The van der Waals surface area contributed by atoms with Crippen LogP contribution in [0, 0.1) is 0 Å². The van der Waals surface area contributed by atoms with Gasteiger partial charge in [0, 0.05) is 30.3 Å². The van der Waals surface area contributed by atoms with E-state index in [-0.39, 0.29) is 5.56 Å². The highest BCUT2D eigenvalue weighted by Gasteiger charge is 2.27. The van der Waals surface area contributed by atoms with Crippen molar-refractivity contribution in [3.8, 4) is 5.69 Å². The molecular weight excluding hydrogens is 366 g/mol. The maximum Gasteiger partial charge on any atom is 0.255 e. The van der Waals surface area contributed by atoms with E-state index in [1.165, 1.54) is 18.9 Å². The maximum atomic E-state index is 11.9. The van der Waals surface area contributed by atoms with Crippen molar-refractivity contribution < 1.29 is 0 Å². The van der Waals surface area contributed by atoms with Crippen LogP contribution in [0.1, 0.15) is 43.7 Å². The van der Waals surface area contributed by atoms with Gasteiger partial charge in [-0.3, -0.25) is 9.36 Å². The van der Waals surface area contributed by atoms with Gasteiger partial charge in [-0.15, -0.1) is 10.2 Å². The van der Waals surface area contributed by atoms with Crippen molar-refractivity contribution in [2.24, 2.45) is 0 Å². The predicted molar refractivity (Wildman–Crippen MR) is 110 cm³/mol. The number of nitrogens with one attached hydrogen (secondary N) is 2. The fraction of sp³-hybridized carbons (Fsp3) is 0.381. The summed E-state index contributed by atoms with van der Waals surface area (Å²) in [4.78, 5) is 20.8. The average molecular weight is 389 g/mol.